The molecule has 0 spiro atoms. The van der Waals surface area contributed by atoms with E-state index in [4.69, 9.17) is 4.74 Å². The van der Waals surface area contributed by atoms with Crippen LogP contribution >= 0.6 is 15.9 Å². The van der Waals surface area contributed by atoms with Gasteiger partial charge in [-0.2, -0.15) is 0 Å². The third-order valence-electron chi connectivity index (χ3n) is 3.03. The number of benzene rings is 1. The molecule has 0 N–H and O–H groups in total. The summed E-state index contributed by atoms with van der Waals surface area (Å²) >= 11 is 3.35. The molecule has 0 aliphatic rings. The minimum Gasteiger partial charge on any atom is -0.476 e. The fourth-order valence-electron chi connectivity index (χ4n) is 1.83. The van der Waals surface area contributed by atoms with Crippen LogP contribution in [0.5, 0.6) is 5.75 Å². The maximum absolute atomic E-state index is 12.1. The molecule has 7 nitrogen and oxygen atoms in total. The van der Waals surface area contributed by atoms with E-state index < -0.39 is 10.7 Å². The molecule has 1 aromatic carbocycles. The van der Waals surface area contributed by atoms with Gasteiger partial charge in [-0.1, -0.05) is 28.1 Å². The molecule has 0 aliphatic carbocycles. The predicted molar refractivity (Wildman–Crippen MR) is 87.0 cm³/mol. The van der Waals surface area contributed by atoms with Crippen molar-refractivity contribution in [2.45, 2.75) is 6.54 Å². The zero-order valence-electron chi connectivity index (χ0n) is 12.3. The second kappa shape index (κ2) is 7.68. The Balaban J connectivity index is 1.94. The van der Waals surface area contributed by atoms with E-state index in [-0.39, 0.29) is 18.3 Å². The lowest BCUT2D eigenvalue weighted by atomic mass is 10.2. The van der Waals surface area contributed by atoms with Crippen LogP contribution in [0, 0.1) is 10.1 Å². The van der Waals surface area contributed by atoms with Gasteiger partial charge in [-0.05, 0) is 39.7 Å². The first-order chi connectivity index (χ1) is 11.0. The summed E-state index contributed by atoms with van der Waals surface area (Å²) < 4.78 is 6.20. The summed E-state index contributed by atoms with van der Waals surface area (Å²) in [6.07, 6.45) is 1.30. The van der Waals surface area contributed by atoms with E-state index in [1.807, 2.05) is 24.3 Å². The van der Waals surface area contributed by atoms with Crippen LogP contribution in [0.15, 0.2) is 47.1 Å². The monoisotopic (exact) mass is 379 g/mol. The lowest BCUT2D eigenvalue weighted by Gasteiger charge is -2.17. The highest BCUT2D eigenvalue weighted by atomic mass is 79.9. The maximum atomic E-state index is 12.1. The quantitative estimate of drug-likeness (QED) is 0.568. The second-order valence-electron chi connectivity index (χ2n) is 4.75. The standard InChI is InChI=1S/C15H14BrN3O4/c1-18(9-11-4-6-12(16)7-5-11)14(20)10-23-13-3-2-8-17-15(13)19(21)22/h2-8H,9-10H2,1H3. The van der Waals surface area contributed by atoms with Crippen molar-refractivity contribution in [3.63, 3.8) is 0 Å². The Morgan fingerprint density at radius 2 is 2.04 bits per heavy atom. The smallest absolute Gasteiger partial charge is 0.406 e. The predicted octanol–water partition coefficient (Wildman–Crippen LogP) is 2.79. The number of nitrogens with zero attached hydrogens (tertiary/aromatic N) is 3. The van der Waals surface area contributed by atoms with Gasteiger partial charge in [0.1, 0.15) is 6.20 Å². The Morgan fingerprint density at radius 3 is 2.70 bits per heavy atom. The lowest BCUT2D eigenvalue weighted by molar-refractivity contribution is -0.390. The molecule has 1 amide bonds. The van der Waals surface area contributed by atoms with Crippen LogP contribution in [0.1, 0.15) is 5.56 Å². The van der Waals surface area contributed by atoms with E-state index in [2.05, 4.69) is 20.9 Å². The number of nitro groups is 1. The highest BCUT2D eigenvalue weighted by molar-refractivity contribution is 9.10. The van der Waals surface area contributed by atoms with Gasteiger partial charge in [0.25, 0.3) is 5.91 Å². The summed E-state index contributed by atoms with van der Waals surface area (Å²) in [7, 11) is 1.64. The Labute approximate surface area is 141 Å². The van der Waals surface area contributed by atoms with Gasteiger partial charge in [0.15, 0.2) is 6.61 Å². The molecule has 0 radical (unpaired) electrons. The van der Waals surface area contributed by atoms with Gasteiger partial charge in [-0.25, -0.2) is 0 Å². The minimum atomic E-state index is -0.647. The average Bonchev–Trinajstić information content (AvgIpc) is 2.54. The van der Waals surface area contributed by atoms with Crippen LogP contribution in [-0.2, 0) is 11.3 Å². The van der Waals surface area contributed by atoms with Gasteiger partial charge < -0.3 is 19.8 Å². The number of carbonyl (C=O) groups is 1. The topological polar surface area (TPSA) is 85.6 Å². The molecule has 0 saturated heterocycles. The van der Waals surface area contributed by atoms with Crippen molar-refractivity contribution < 1.29 is 14.5 Å². The summed E-state index contributed by atoms with van der Waals surface area (Å²) in [5.74, 6) is -0.718. The van der Waals surface area contributed by atoms with E-state index in [0.29, 0.717) is 6.54 Å². The number of ether oxygens (including phenoxy) is 1. The molecule has 0 fully saturated rings. The van der Waals surface area contributed by atoms with Crippen molar-refractivity contribution in [2.24, 2.45) is 0 Å². The highest BCUT2D eigenvalue weighted by Crippen LogP contribution is 2.22. The number of hydrogen-bond acceptors (Lipinski definition) is 5. The van der Waals surface area contributed by atoms with E-state index >= 15 is 0 Å². The Bertz CT molecular complexity index is 706. The molecule has 0 aliphatic heterocycles. The van der Waals surface area contributed by atoms with Crippen LogP contribution in [0.4, 0.5) is 5.82 Å². The molecule has 120 valence electrons. The van der Waals surface area contributed by atoms with Crippen molar-refractivity contribution in [2.75, 3.05) is 13.7 Å². The molecule has 2 aromatic rings. The third-order valence-corrected chi connectivity index (χ3v) is 3.56. The van der Waals surface area contributed by atoms with Crippen molar-refractivity contribution in [1.29, 1.82) is 0 Å². The van der Waals surface area contributed by atoms with Crippen molar-refractivity contribution >= 4 is 27.7 Å². The number of likely N-dealkylation sites (N-methyl/N-ethyl adjacent to an activating group) is 1. The van der Waals surface area contributed by atoms with E-state index in [0.717, 1.165) is 10.0 Å². The Kier molecular flexibility index (Phi) is 5.64. The largest absolute Gasteiger partial charge is 0.476 e. The zero-order valence-corrected chi connectivity index (χ0v) is 13.9. The van der Waals surface area contributed by atoms with Crippen molar-refractivity contribution in [1.82, 2.24) is 9.88 Å². The molecular weight excluding hydrogens is 366 g/mol. The fourth-order valence-corrected chi connectivity index (χ4v) is 2.10. The Morgan fingerprint density at radius 1 is 1.35 bits per heavy atom. The summed E-state index contributed by atoms with van der Waals surface area (Å²) in [6.45, 7) is 0.129. The SMILES string of the molecule is CN(Cc1ccc(Br)cc1)C(=O)COc1cccnc1[N+](=O)[O-]. The van der Waals surface area contributed by atoms with E-state index in [1.54, 1.807) is 7.05 Å². The van der Waals surface area contributed by atoms with E-state index in [9.17, 15) is 14.9 Å². The molecule has 0 bridgehead atoms. The summed E-state index contributed by atoms with van der Waals surface area (Å²) in [6, 6.07) is 10.5. The number of aromatic nitrogens is 1. The highest BCUT2D eigenvalue weighted by Gasteiger charge is 2.18. The number of hydrogen-bond donors (Lipinski definition) is 0. The molecule has 2 rings (SSSR count). The first-order valence-corrected chi connectivity index (χ1v) is 7.47. The van der Waals surface area contributed by atoms with Gasteiger partial charge in [-0.15, -0.1) is 0 Å². The number of pyridine rings is 1. The van der Waals surface area contributed by atoms with Gasteiger partial charge in [0.05, 0.1) is 0 Å². The van der Waals surface area contributed by atoms with Gasteiger partial charge >= 0.3 is 5.82 Å². The molecular formula is C15H14BrN3O4. The maximum Gasteiger partial charge on any atom is 0.406 e. The minimum absolute atomic E-state index is 0.0251. The summed E-state index contributed by atoms with van der Waals surface area (Å²) in [4.78, 5) is 27.4. The first-order valence-electron chi connectivity index (χ1n) is 6.68. The molecule has 8 heteroatoms. The van der Waals surface area contributed by atoms with Gasteiger partial charge in [0.2, 0.25) is 5.75 Å². The molecule has 1 aromatic heterocycles. The van der Waals surface area contributed by atoms with Crippen LogP contribution < -0.4 is 4.74 Å². The second-order valence-corrected chi connectivity index (χ2v) is 5.66. The van der Waals surface area contributed by atoms with Crippen molar-refractivity contribution in [3.05, 3.63) is 62.7 Å². The Hall–Kier alpha value is -2.48. The molecule has 0 unspecified atom stereocenters. The molecule has 23 heavy (non-hydrogen) atoms. The van der Waals surface area contributed by atoms with Crippen LogP contribution in [0.2, 0.25) is 0 Å². The third kappa shape index (κ3) is 4.75. The normalized spacial score (nSPS) is 10.2. The number of carbonyl (C=O) groups excluding carboxylic acids is 1. The van der Waals surface area contributed by atoms with Crippen LogP contribution in [-0.4, -0.2) is 34.4 Å². The van der Waals surface area contributed by atoms with Crippen molar-refractivity contribution in [3.8, 4) is 5.75 Å². The lowest BCUT2D eigenvalue weighted by Crippen LogP contribution is -2.31. The molecule has 0 atom stereocenters. The van der Waals surface area contributed by atoms with Crippen LogP contribution in [0.25, 0.3) is 0 Å². The number of rotatable bonds is 6. The first kappa shape index (κ1) is 16.9. The summed E-state index contributed by atoms with van der Waals surface area (Å²) in [5.41, 5.74) is 0.969. The van der Waals surface area contributed by atoms with Gasteiger partial charge in [0, 0.05) is 18.1 Å². The molecule has 1 heterocycles. The number of amides is 1. The summed E-state index contributed by atoms with van der Waals surface area (Å²) in [5, 5.41) is 10.8. The fraction of sp³-hybridized carbons (Fsp3) is 0.200. The number of halogens is 1. The van der Waals surface area contributed by atoms with Crippen LogP contribution in [0.3, 0.4) is 0 Å². The molecule has 0 saturated carbocycles. The average molecular weight is 380 g/mol. The zero-order chi connectivity index (χ0) is 16.8. The van der Waals surface area contributed by atoms with Gasteiger partial charge in [-0.3, -0.25) is 4.79 Å². The van der Waals surface area contributed by atoms with E-state index in [1.165, 1.54) is 23.2 Å².